The van der Waals surface area contributed by atoms with E-state index < -0.39 is 36.5 Å². The molecule has 10 heteroatoms. The minimum absolute atomic E-state index is 0.0530. The molecule has 1 aliphatic rings. The highest BCUT2D eigenvalue weighted by Gasteiger charge is 2.32. The minimum atomic E-state index is -1.37. The summed E-state index contributed by atoms with van der Waals surface area (Å²) in [6.45, 7) is 2.85. The number of carboxylic acid groups (broad SMARTS) is 2. The van der Waals surface area contributed by atoms with Gasteiger partial charge >= 0.3 is 24.2 Å². The van der Waals surface area contributed by atoms with Crippen LogP contribution < -0.4 is 0 Å². The Bertz CT molecular complexity index is 354. The molecular formula is C11H16O10. The summed E-state index contributed by atoms with van der Waals surface area (Å²) < 4.78 is 17.3. The molecule has 1 heterocycles. The zero-order valence-electron chi connectivity index (χ0n) is 11.4. The molecule has 0 aliphatic carbocycles. The first-order valence-electron chi connectivity index (χ1n) is 5.86. The molecule has 120 valence electrons. The monoisotopic (exact) mass is 308 g/mol. The summed E-state index contributed by atoms with van der Waals surface area (Å²) in [5.41, 5.74) is 0. The Kier molecular flexibility index (Phi) is 8.27. The van der Waals surface area contributed by atoms with E-state index in [0.717, 1.165) is 0 Å². The molecular weight excluding hydrogens is 292 g/mol. The topological polar surface area (TPSA) is 146 Å². The highest BCUT2D eigenvalue weighted by atomic mass is 16.7. The number of cyclic esters (lactones) is 2. The zero-order chi connectivity index (χ0) is 16.4. The SMILES string of the molecule is CC1OC(=O)C(C)OC1=O.O=C(O)OCCCOC(=O)O. The Morgan fingerprint density at radius 1 is 0.952 bits per heavy atom. The maximum absolute atomic E-state index is 10.7. The van der Waals surface area contributed by atoms with E-state index in [-0.39, 0.29) is 19.6 Å². The molecule has 1 saturated heterocycles. The molecule has 0 aromatic heterocycles. The van der Waals surface area contributed by atoms with Crippen molar-refractivity contribution < 1.29 is 48.3 Å². The molecule has 0 aromatic carbocycles. The fourth-order valence-corrected chi connectivity index (χ4v) is 1.01. The third-order valence-electron chi connectivity index (χ3n) is 1.99. The lowest BCUT2D eigenvalue weighted by atomic mass is 10.3. The Labute approximate surface area is 119 Å². The van der Waals surface area contributed by atoms with Crippen molar-refractivity contribution in [2.75, 3.05) is 13.2 Å². The lowest BCUT2D eigenvalue weighted by Gasteiger charge is -2.22. The summed E-state index contributed by atoms with van der Waals surface area (Å²) >= 11 is 0. The molecule has 10 nitrogen and oxygen atoms in total. The summed E-state index contributed by atoms with van der Waals surface area (Å²) in [6, 6.07) is 0. The molecule has 0 amide bonds. The second-order valence-corrected chi connectivity index (χ2v) is 3.74. The fourth-order valence-electron chi connectivity index (χ4n) is 1.01. The van der Waals surface area contributed by atoms with E-state index in [9.17, 15) is 19.2 Å². The molecule has 2 unspecified atom stereocenters. The van der Waals surface area contributed by atoms with Gasteiger partial charge in [-0.15, -0.1) is 0 Å². The van der Waals surface area contributed by atoms with E-state index >= 15 is 0 Å². The lowest BCUT2D eigenvalue weighted by Crippen LogP contribution is -2.40. The fraction of sp³-hybridized carbons (Fsp3) is 0.636. The summed E-state index contributed by atoms with van der Waals surface area (Å²) in [5, 5.41) is 15.9. The van der Waals surface area contributed by atoms with Gasteiger partial charge in [-0.05, 0) is 13.8 Å². The maximum Gasteiger partial charge on any atom is 0.505 e. The molecule has 0 spiro atoms. The largest absolute Gasteiger partial charge is 0.505 e. The van der Waals surface area contributed by atoms with Crippen LogP contribution in [0.3, 0.4) is 0 Å². The molecule has 1 aliphatic heterocycles. The normalized spacial score (nSPS) is 20.3. The summed E-state index contributed by atoms with van der Waals surface area (Å²) in [7, 11) is 0. The van der Waals surface area contributed by atoms with Crippen molar-refractivity contribution in [3.05, 3.63) is 0 Å². The smallest absolute Gasteiger partial charge is 0.450 e. The van der Waals surface area contributed by atoms with Crippen molar-refractivity contribution in [2.45, 2.75) is 32.5 Å². The first kappa shape index (κ1) is 18.5. The van der Waals surface area contributed by atoms with Crippen molar-refractivity contribution in [3.8, 4) is 0 Å². The van der Waals surface area contributed by atoms with Crippen molar-refractivity contribution in [1.82, 2.24) is 0 Å². The quantitative estimate of drug-likeness (QED) is 0.430. The van der Waals surface area contributed by atoms with Crippen LogP contribution in [-0.2, 0) is 28.5 Å². The number of carbonyl (C=O) groups excluding carboxylic acids is 2. The molecule has 0 bridgehead atoms. The number of carbonyl (C=O) groups is 4. The van der Waals surface area contributed by atoms with Gasteiger partial charge in [0.2, 0.25) is 0 Å². The summed E-state index contributed by atoms with van der Waals surface area (Å²) in [5.74, 6) is -0.959. The molecule has 0 saturated carbocycles. The van der Waals surface area contributed by atoms with E-state index in [4.69, 9.17) is 10.2 Å². The standard InChI is InChI=1S/C6H8O4.C5H8O6/c1-3-5(7)10-4(2)6(8)9-3;6-4(7)10-2-1-3-11-5(8)9/h3-4H,1-2H3;1-3H2,(H,6,7)(H,8,9). The van der Waals surface area contributed by atoms with Gasteiger partial charge in [0.15, 0.2) is 12.2 Å². The Morgan fingerprint density at radius 2 is 1.29 bits per heavy atom. The van der Waals surface area contributed by atoms with Crippen molar-refractivity contribution in [1.29, 1.82) is 0 Å². The molecule has 1 fully saturated rings. The Balaban J connectivity index is 0.000000382. The zero-order valence-corrected chi connectivity index (χ0v) is 11.4. The summed E-state index contributed by atoms with van der Waals surface area (Å²) in [6.07, 6.45) is -4.01. The van der Waals surface area contributed by atoms with Gasteiger partial charge in [0.1, 0.15) is 0 Å². The molecule has 1 rings (SSSR count). The average Bonchev–Trinajstić information content (AvgIpc) is 2.36. The average molecular weight is 308 g/mol. The van der Waals surface area contributed by atoms with Gasteiger partial charge in [0, 0.05) is 6.42 Å². The Hall–Kier alpha value is -2.52. The van der Waals surface area contributed by atoms with Crippen molar-refractivity contribution in [3.63, 3.8) is 0 Å². The van der Waals surface area contributed by atoms with E-state index in [2.05, 4.69) is 18.9 Å². The van der Waals surface area contributed by atoms with Crippen LogP contribution in [0.4, 0.5) is 9.59 Å². The van der Waals surface area contributed by atoms with E-state index in [1.54, 1.807) is 0 Å². The van der Waals surface area contributed by atoms with Crippen LogP contribution in [0, 0.1) is 0 Å². The predicted molar refractivity (Wildman–Crippen MR) is 63.7 cm³/mol. The van der Waals surface area contributed by atoms with Gasteiger partial charge < -0.3 is 29.2 Å². The van der Waals surface area contributed by atoms with Crippen molar-refractivity contribution in [2.24, 2.45) is 0 Å². The van der Waals surface area contributed by atoms with E-state index in [1.807, 2.05) is 0 Å². The van der Waals surface area contributed by atoms with Crippen LogP contribution in [0.25, 0.3) is 0 Å². The summed E-state index contributed by atoms with van der Waals surface area (Å²) in [4.78, 5) is 40.7. The van der Waals surface area contributed by atoms with Crippen LogP contribution in [0.2, 0.25) is 0 Å². The van der Waals surface area contributed by atoms with Crippen LogP contribution in [0.5, 0.6) is 0 Å². The first-order chi connectivity index (χ1) is 9.73. The van der Waals surface area contributed by atoms with Gasteiger partial charge in [-0.3, -0.25) is 0 Å². The first-order valence-corrected chi connectivity index (χ1v) is 5.86. The van der Waals surface area contributed by atoms with Gasteiger partial charge in [0.05, 0.1) is 13.2 Å². The van der Waals surface area contributed by atoms with Crippen LogP contribution >= 0.6 is 0 Å². The Morgan fingerprint density at radius 3 is 1.57 bits per heavy atom. The van der Waals surface area contributed by atoms with E-state index in [1.165, 1.54) is 13.8 Å². The van der Waals surface area contributed by atoms with E-state index in [0.29, 0.717) is 0 Å². The molecule has 0 radical (unpaired) electrons. The second kappa shape index (κ2) is 9.39. The van der Waals surface area contributed by atoms with Gasteiger partial charge in [-0.2, -0.15) is 0 Å². The van der Waals surface area contributed by atoms with Gasteiger partial charge in [-0.25, -0.2) is 19.2 Å². The third-order valence-corrected chi connectivity index (χ3v) is 1.99. The van der Waals surface area contributed by atoms with Crippen LogP contribution in [-0.4, -0.2) is 59.9 Å². The maximum atomic E-state index is 10.7. The second-order valence-electron chi connectivity index (χ2n) is 3.74. The number of hydrogen-bond acceptors (Lipinski definition) is 8. The highest BCUT2D eigenvalue weighted by Crippen LogP contribution is 2.08. The third kappa shape index (κ3) is 9.08. The number of hydrogen-bond donors (Lipinski definition) is 2. The molecule has 2 N–H and O–H groups in total. The number of esters is 2. The highest BCUT2D eigenvalue weighted by molar-refractivity contribution is 5.86. The molecule has 0 aromatic rings. The van der Waals surface area contributed by atoms with Gasteiger partial charge in [0.25, 0.3) is 0 Å². The van der Waals surface area contributed by atoms with Gasteiger partial charge in [-0.1, -0.05) is 0 Å². The molecule has 21 heavy (non-hydrogen) atoms. The predicted octanol–water partition coefficient (Wildman–Crippen LogP) is 0.629. The van der Waals surface area contributed by atoms with Crippen LogP contribution in [0.1, 0.15) is 20.3 Å². The number of ether oxygens (including phenoxy) is 4. The number of rotatable bonds is 4. The van der Waals surface area contributed by atoms with Crippen molar-refractivity contribution >= 4 is 24.2 Å². The van der Waals surface area contributed by atoms with Crippen LogP contribution in [0.15, 0.2) is 0 Å². The minimum Gasteiger partial charge on any atom is -0.450 e. The lowest BCUT2D eigenvalue weighted by molar-refractivity contribution is -0.191. The molecule has 2 atom stereocenters.